The van der Waals surface area contributed by atoms with Crippen LogP contribution in [0.25, 0.3) is 0 Å². The molecule has 1 fully saturated rings. The first-order valence-corrected chi connectivity index (χ1v) is 9.79. The Morgan fingerprint density at radius 1 is 1.34 bits per heavy atom. The number of piperidine rings is 1. The zero-order valence-corrected chi connectivity index (χ0v) is 17.0. The van der Waals surface area contributed by atoms with E-state index in [-0.39, 0.29) is 35.8 Å². The molecule has 10 heteroatoms. The Hall–Kier alpha value is -3.01. The van der Waals surface area contributed by atoms with Gasteiger partial charge in [-0.2, -0.15) is 0 Å². The molecule has 1 aliphatic heterocycles. The van der Waals surface area contributed by atoms with Gasteiger partial charge in [0.1, 0.15) is 11.6 Å². The van der Waals surface area contributed by atoms with Gasteiger partial charge in [0, 0.05) is 29.8 Å². The standard InChI is InChI=1S/C19H19BrN4O5/c20-14-6-7-17(21-10-14)22-19(26)13-3-2-8-23(11-13)18(25)12-29-16-5-1-4-15(9-16)24(27)28/h1,4-7,9-10,13H,2-3,8,11-12H2,(H,21,22,26). The van der Waals surface area contributed by atoms with Gasteiger partial charge in [0.15, 0.2) is 6.61 Å². The third-order valence-electron chi connectivity index (χ3n) is 4.51. The first-order chi connectivity index (χ1) is 13.9. The number of nitro groups is 1. The molecule has 0 radical (unpaired) electrons. The van der Waals surface area contributed by atoms with Gasteiger partial charge in [0.2, 0.25) is 5.91 Å². The summed E-state index contributed by atoms with van der Waals surface area (Å²) < 4.78 is 6.22. The molecule has 2 amide bonds. The molecule has 0 bridgehead atoms. The van der Waals surface area contributed by atoms with Gasteiger partial charge in [0.05, 0.1) is 16.9 Å². The van der Waals surface area contributed by atoms with E-state index in [9.17, 15) is 19.7 Å². The van der Waals surface area contributed by atoms with Crippen molar-refractivity contribution >= 4 is 39.2 Å². The van der Waals surface area contributed by atoms with Gasteiger partial charge in [-0.05, 0) is 47.0 Å². The van der Waals surface area contributed by atoms with E-state index in [0.29, 0.717) is 31.7 Å². The summed E-state index contributed by atoms with van der Waals surface area (Å²) in [6, 6.07) is 9.15. The zero-order chi connectivity index (χ0) is 20.8. The van der Waals surface area contributed by atoms with Crippen molar-refractivity contribution in [3.05, 3.63) is 57.2 Å². The van der Waals surface area contributed by atoms with Crippen LogP contribution in [-0.4, -0.2) is 46.3 Å². The summed E-state index contributed by atoms with van der Waals surface area (Å²) >= 11 is 3.29. The van der Waals surface area contributed by atoms with Crippen LogP contribution < -0.4 is 10.1 Å². The van der Waals surface area contributed by atoms with E-state index in [2.05, 4.69) is 26.2 Å². The Bertz CT molecular complexity index is 906. The number of anilines is 1. The summed E-state index contributed by atoms with van der Waals surface area (Å²) in [7, 11) is 0. The highest BCUT2D eigenvalue weighted by molar-refractivity contribution is 9.10. The maximum atomic E-state index is 12.5. The Morgan fingerprint density at radius 3 is 2.90 bits per heavy atom. The number of nitrogens with one attached hydrogen (secondary N) is 1. The van der Waals surface area contributed by atoms with Crippen molar-refractivity contribution in [1.82, 2.24) is 9.88 Å². The van der Waals surface area contributed by atoms with Crippen LogP contribution in [0, 0.1) is 16.0 Å². The number of hydrogen-bond acceptors (Lipinski definition) is 6. The van der Waals surface area contributed by atoms with E-state index in [1.54, 1.807) is 29.3 Å². The quantitative estimate of drug-likeness (QED) is 0.521. The Kier molecular flexibility index (Phi) is 6.76. The smallest absolute Gasteiger partial charge is 0.273 e. The number of nitrogens with zero attached hydrogens (tertiary/aromatic N) is 3. The van der Waals surface area contributed by atoms with Gasteiger partial charge in [-0.25, -0.2) is 4.98 Å². The predicted octanol–water partition coefficient (Wildman–Crippen LogP) is 3.01. The van der Waals surface area contributed by atoms with Crippen LogP contribution in [0.5, 0.6) is 5.75 Å². The highest BCUT2D eigenvalue weighted by Crippen LogP contribution is 2.21. The average molecular weight is 463 g/mol. The molecule has 152 valence electrons. The predicted molar refractivity (Wildman–Crippen MR) is 108 cm³/mol. The van der Waals surface area contributed by atoms with Gasteiger partial charge < -0.3 is 15.0 Å². The molecule has 3 rings (SSSR count). The summed E-state index contributed by atoms with van der Waals surface area (Å²) in [5.74, 6) is -0.0838. The van der Waals surface area contributed by atoms with E-state index >= 15 is 0 Å². The molecular formula is C19H19BrN4O5. The van der Waals surface area contributed by atoms with E-state index < -0.39 is 4.92 Å². The highest BCUT2D eigenvalue weighted by atomic mass is 79.9. The number of amides is 2. The Labute approximate surface area is 175 Å². The molecule has 0 spiro atoms. The summed E-state index contributed by atoms with van der Waals surface area (Å²) in [4.78, 5) is 41.0. The van der Waals surface area contributed by atoms with Gasteiger partial charge in [0.25, 0.3) is 11.6 Å². The molecule has 1 saturated heterocycles. The van der Waals surface area contributed by atoms with Gasteiger partial charge in [-0.15, -0.1) is 0 Å². The second kappa shape index (κ2) is 9.46. The third-order valence-corrected chi connectivity index (χ3v) is 4.98. The lowest BCUT2D eigenvalue weighted by Crippen LogP contribution is -2.45. The number of nitro benzene ring substituents is 1. The molecule has 1 aromatic heterocycles. The largest absolute Gasteiger partial charge is 0.484 e. The molecule has 1 aromatic carbocycles. The van der Waals surface area contributed by atoms with Gasteiger partial charge >= 0.3 is 0 Å². The second-order valence-electron chi connectivity index (χ2n) is 6.57. The van der Waals surface area contributed by atoms with Crippen molar-refractivity contribution in [2.75, 3.05) is 25.0 Å². The van der Waals surface area contributed by atoms with Crippen molar-refractivity contribution in [2.45, 2.75) is 12.8 Å². The molecule has 0 saturated carbocycles. The number of aromatic nitrogens is 1. The second-order valence-corrected chi connectivity index (χ2v) is 7.49. The lowest BCUT2D eigenvalue weighted by Gasteiger charge is -2.31. The Balaban J connectivity index is 1.53. The van der Waals surface area contributed by atoms with Crippen LogP contribution in [0.4, 0.5) is 11.5 Å². The molecule has 0 aliphatic carbocycles. The maximum Gasteiger partial charge on any atom is 0.273 e. The number of likely N-dealkylation sites (tertiary alicyclic amines) is 1. The van der Waals surface area contributed by atoms with Crippen LogP contribution in [-0.2, 0) is 9.59 Å². The molecule has 2 heterocycles. The average Bonchev–Trinajstić information content (AvgIpc) is 2.74. The number of carbonyl (C=O) groups is 2. The minimum Gasteiger partial charge on any atom is -0.484 e. The van der Waals surface area contributed by atoms with Crippen molar-refractivity contribution in [3.63, 3.8) is 0 Å². The van der Waals surface area contributed by atoms with Crippen LogP contribution in [0.1, 0.15) is 12.8 Å². The summed E-state index contributed by atoms with van der Waals surface area (Å²) in [5, 5.41) is 13.6. The third kappa shape index (κ3) is 5.74. The van der Waals surface area contributed by atoms with E-state index in [1.165, 1.54) is 18.2 Å². The number of rotatable bonds is 6. The van der Waals surface area contributed by atoms with Crippen LogP contribution in [0.3, 0.4) is 0 Å². The summed E-state index contributed by atoms with van der Waals surface area (Å²) in [6.07, 6.45) is 2.98. The summed E-state index contributed by atoms with van der Waals surface area (Å²) in [5.41, 5.74) is -0.105. The molecule has 29 heavy (non-hydrogen) atoms. The normalized spacial score (nSPS) is 16.2. The number of ether oxygens (including phenoxy) is 1. The number of pyridine rings is 1. The van der Waals surface area contributed by atoms with E-state index in [1.807, 2.05) is 0 Å². The molecule has 1 aliphatic rings. The van der Waals surface area contributed by atoms with Crippen molar-refractivity contribution in [3.8, 4) is 5.75 Å². The lowest BCUT2D eigenvalue weighted by molar-refractivity contribution is -0.384. The van der Waals surface area contributed by atoms with Crippen LogP contribution in [0.2, 0.25) is 0 Å². The first kappa shape index (κ1) is 20.7. The van der Waals surface area contributed by atoms with Gasteiger partial charge in [-0.3, -0.25) is 19.7 Å². The highest BCUT2D eigenvalue weighted by Gasteiger charge is 2.28. The fraction of sp³-hybridized carbons (Fsp3) is 0.316. The number of non-ortho nitro benzene ring substituents is 1. The summed E-state index contributed by atoms with van der Waals surface area (Å²) in [6.45, 7) is 0.584. The lowest BCUT2D eigenvalue weighted by atomic mass is 9.97. The fourth-order valence-electron chi connectivity index (χ4n) is 3.02. The monoisotopic (exact) mass is 462 g/mol. The molecule has 9 nitrogen and oxygen atoms in total. The topological polar surface area (TPSA) is 115 Å². The number of carbonyl (C=O) groups excluding carboxylic acids is 2. The van der Waals surface area contributed by atoms with E-state index in [4.69, 9.17) is 4.74 Å². The van der Waals surface area contributed by atoms with Crippen LogP contribution in [0.15, 0.2) is 47.1 Å². The van der Waals surface area contributed by atoms with Crippen molar-refractivity contribution in [2.24, 2.45) is 5.92 Å². The van der Waals surface area contributed by atoms with Crippen molar-refractivity contribution < 1.29 is 19.2 Å². The SMILES string of the molecule is O=C(Nc1ccc(Br)cn1)C1CCCN(C(=O)COc2cccc([N+](=O)[O-])c2)C1. The van der Waals surface area contributed by atoms with Gasteiger partial charge in [-0.1, -0.05) is 6.07 Å². The molecule has 1 atom stereocenters. The number of hydrogen-bond donors (Lipinski definition) is 1. The zero-order valence-electron chi connectivity index (χ0n) is 15.4. The fourth-order valence-corrected chi connectivity index (χ4v) is 3.25. The minimum atomic E-state index is -0.525. The van der Waals surface area contributed by atoms with E-state index in [0.717, 1.165) is 4.47 Å². The molecular weight excluding hydrogens is 444 g/mol. The Morgan fingerprint density at radius 2 is 2.17 bits per heavy atom. The van der Waals surface area contributed by atoms with Crippen LogP contribution >= 0.6 is 15.9 Å². The number of benzene rings is 1. The molecule has 2 aromatic rings. The first-order valence-electron chi connectivity index (χ1n) is 9.00. The molecule has 1 N–H and O–H groups in total. The van der Waals surface area contributed by atoms with Crippen molar-refractivity contribution in [1.29, 1.82) is 0 Å². The minimum absolute atomic E-state index is 0.105. The number of halogens is 1. The molecule has 1 unspecified atom stereocenters. The maximum absolute atomic E-state index is 12.5.